The maximum Gasteiger partial charge on any atom is 0.118 e. The molecular formula is C14H22N2O2. The number of ether oxygens (including phenoxy) is 1. The van der Waals surface area contributed by atoms with Crippen LogP contribution in [0.5, 0.6) is 0 Å². The van der Waals surface area contributed by atoms with Crippen molar-refractivity contribution in [1.82, 2.24) is 10.2 Å². The van der Waals surface area contributed by atoms with Gasteiger partial charge in [-0.15, -0.1) is 0 Å². The minimum atomic E-state index is 0.765. The first-order valence-electron chi connectivity index (χ1n) is 6.42. The maximum atomic E-state index is 5.57. The molecule has 1 aliphatic rings. The van der Waals surface area contributed by atoms with E-state index in [0.717, 1.165) is 45.0 Å². The zero-order valence-corrected chi connectivity index (χ0v) is 11.2. The van der Waals surface area contributed by atoms with Gasteiger partial charge in [0.15, 0.2) is 0 Å². The van der Waals surface area contributed by atoms with Crippen LogP contribution in [-0.4, -0.2) is 38.8 Å². The molecular weight excluding hydrogens is 228 g/mol. The first kappa shape index (κ1) is 13.3. The molecule has 18 heavy (non-hydrogen) atoms. The van der Waals surface area contributed by atoms with Crippen molar-refractivity contribution < 1.29 is 9.15 Å². The lowest BCUT2D eigenvalue weighted by atomic mass is 10.1. The molecule has 4 nitrogen and oxygen atoms in total. The van der Waals surface area contributed by atoms with Crippen LogP contribution in [0, 0.1) is 0 Å². The van der Waals surface area contributed by atoms with Crippen LogP contribution in [0.2, 0.25) is 0 Å². The predicted octanol–water partition coefficient (Wildman–Crippen LogP) is 1.78. The molecule has 0 radical (unpaired) electrons. The number of furan rings is 1. The molecule has 1 N–H and O–H groups in total. The standard InChI is InChI=1S/C14H22N2O2/c1-15-8-13-7-14(18-11-13)9-16-5-3-12(4-6-16)10-17-2/h3,7,11,15H,4-6,8-10H2,1-2H3. The van der Waals surface area contributed by atoms with E-state index in [-0.39, 0.29) is 0 Å². The number of nitrogens with one attached hydrogen (secondary N) is 1. The highest BCUT2D eigenvalue weighted by Gasteiger charge is 2.13. The smallest absolute Gasteiger partial charge is 0.118 e. The average Bonchev–Trinajstić information content (AvgIpc) is 2.80. The quantitative estimate of drug-likeness (QED) is 0.781. The molecule has 1 aromatic heterocycles. The Kier molecular flexibility index (Phi) is 4.99. The summed E-state index contributed by atoms with van der Waals surface area (Å²) in [6, 6.07) is 2.13. The van der Waals surface area contributed by atoms with Gasteiger partial charge >= 0.3 is 0 Å². The molecule has 4 heteroatoms. The van der Waals surface area contributed by atoms with Gasteiger partial charge in [0.2, 0.25) is 0 Å². The van der Waals surface area contributed by atoms with Gasteiger partial charge in [-0.2, -0.15) is 0 Å². The van der Waals surface area contributed by atoms with Crippen molar-refractivity contribution >= 4 is 0 Å². The zero-order valence-electron chi connectivity index (χ0n) is 11.2. The van der Waals surface area contributed by atoms with E-state index in [0.29, 0.717) is 0 Å². The molecule has 0 aliphatic carbocycles. The molecule has 100 valence electrons. The number of methoxy groups -OCH3 is 1. The second kappa shape index (κ2) is 6.73. The van der Waals surface area contributed by atoms with E-state index in [1.54, 1.807) is 7.11 Å². The van der Waals surface area contributed by atoms with Crippen LogP contribution in [0.15, 0.2) is 28.4 Å². The Hall–Kier alpha value is -1.10. The van der Waals surface area contributed by atoms with E-state index in [1.165, 1.54) is 11.1 Å². The Morgan fingerprint density at radius 3 is 3.06 bits per heavy atom. The molecule has 1 aromatic rings. The van der Waals surface area contributed by atoms with Crippen molar-refractivity contribution in [3.8, 4) is 0 Å². The minimum absolute atomic E-state index is 0.765. The van der Waals surface area contributed by atoms with E-state index in [2.05, 4.69) is 22.4 Å². The fraction of sp³-hybridized carbons (Fsp3) is 0.571. The van der Waals surface area contributed by atoms with Crippen molar-refractivity contribution in [2.45, 2.75) is 19.5 Å². The first-order chi connectivity index (χ1) is 8.81. The van der Waals surface area contributed by atoms with Crippen LogP contribution in [0.25, 0.3) is 0 Å². The van der Waals surface area contributed by atoms with Gasteiger partial charge in [-0.05, 0) is 25.1 Å². The third-order valence-corrected chi connectivity index (χ3v) is 3.19. The van der Waals surface area contributed by atoms with Gasteiger partial charge < -0.3 is 14.5 Å². The van der Waals surface area contributed by atoms with Gasteiger partial charge in [-0.25, -0.2) is 0 Å². The molecule has 0 atom stereocenters. The van der Waals surface area contributed by atoms with Crippen molar-refractivity contribution in [3.63, 3.8) is 0 Å². The Morgan fingerprint density at radius 1 is 1.50 bits per heavy atom. The highest BCUT2D eigenvalue weighted by atomic mass is 16.5. The fourth-order valence-corrected chi connectivity index (χ4v) is 2.24. The molecule has 1 aliphatic heterocycles. The number of hydrogen-bond acceptors (Lipinski definition) is 4. The molecule has 0 spiro atoms. The van der Waals surface area contributed by atoms with Crippen molar-refractivity contribution in [2.24, 2.45) is 0 Å². The number of nitrogens with zero attached hydrogens (tertiary/aromatic N) is 1. The molecule has 2 heterocycles. The van der Waals surface area contributed by atoms with Crippen LogP contribution in [0.1, 0.15) is 17.7 Å². The third-order valence-electron chi connectivity index (χ3n) is 3.19. The van der Waals surface area contributed by atoms with E-state index in [9.17, 15) is 0 Å². The van der Waals surface area contributed by atoms with Gasteiger partial charge in [-0.3, -0.25) is 4.90 Å². The van der Waals surface area contributed by atoms with Gasteiger partial charge in [0.25, 0.3) is 0 Å². The molecule has 0 bridgehead atoms. The van der Waals surface area contributed by atoms with Crippen LogP contribution in [0.3, 0.4) is 0 Å². The van der Waals surface area contributed by atoms with Gasteiger partial charge in [0, 0.05) is 32.3 Å². The second-order valence-corrected chi connectivity index (χ2v) is 4.73. The lowest BCUT2D eigenvalue weighted by Crippen LogP contribution is -2.28. The van der Waals surface area contributed by atoms with Crippen molar-refractivity contribution in [1.29, 1.82) is 0 Å². The summed E-state index contributed by atoms with van der Waals surface area (Å²) in [6.07, 6.45) is 5.20. The van der Waals surface area contributed by atoms with E-state index >= 15 is 0 Å². The Morgan fingerprint density at radius 2 is 2.39 bits per heavy atom. The highest BCUT2D eigenvalue weighted by molar-refractivity contribution is 5.14. The lowest BCUT2D eigenvalue weighted by Gasteiger charge is -2.25. The molecule has 0 unspecified atom stereocenters. The Labute approximate surface area is 109 Å². The summed E-state index contributed by atoms with van der Waals surface area (Å²) in [6.45, 7) is 4.58. The Balaban J connectivity index is 1.83. The molecule has 0 saturated heterocycles. The first-order valence-corrected chi connectivity index (χ1v) is 6.42. The van der Waals surface area contributed by atoms with Crippen LogP contribution in [-0.2, 0) is 17.8 Å². The molecule has 0 fully saturated rings. The molecule has 2 rings (SSSR count). The summed E-state index contributed by atoms with van der Waals surface area (Å²) in [5.41, 5.74) is 2.61. The Bertz CT molecular complexity index is 398. The van der Waals surface area contributed by atoms with Gasteiger partial charge in [0.05, 0.1) is 19.4 Å². The molecule has 0 amide bonds. The van der Waals surface area contributed by atoms with Crippen LogP contribution < -0.4 is 5.32 Å². The van der Waals surface area contributed by atoms with Gasteiger partial charge in [0.1, 0.15) is 5.76 Å². The summed E-state index contributed by atoms with van der Waals surface area (Å²) >= 11 is 0. The third kappa shape index (κ3) is 3.70. The lowest BCUT2D eigenvalue weighted by molar-refractivity contribution is 0.207. The summed E-state index contributed by atoms with van der Waals surface area (Å²) < 4.78 is 10.7. The zero-order chi connectivity index (χ0) is 12.8. The summed E-state index contributed by atoms with van der Waals surface area (Å²) in [5, 5.41) is 3.12. The van der Waals surface area contributed by atoms with Crippen molar-refractivity contribution in [2.75, 3.05) is 33.9 Å². The topological polar surface area (TPSA) is 37.6 Å². The van der Waals surface area contributed by atoms with E-state index in [1.807, 2.05) is 13.3 Å². The van der Waals surface area contributed by atoms with Crippen LogP contribution >= 0.6 is 0 Å². The summed E-state index contributed by atoms with van der Waals surface area (Å²) in [7, 11) is 3.69. The average molecular weight is 250 g/mol. The summed E-state index contributed by atoms with van der Waals surface area (Å²) in [4.78, 5) is 2.39. The largest absolute Gasteiger partial charge is 0.468 e. The number of hydrogen-bond donors (Lipinski definition) is 1. The van der Waals surface area contributed by atoms with Crippen LogP contribution in [0.4, 0.5) is 0 Å². The maximum absolute atomic E-state index is 5.57. The minimum Gasteiger partial charge on any atom is -0.468 e. The highest BCUT2D eigenvalue weighted by Crippen LogP contribution is 2.15. The predicted molar refractivity (Wildman–Crippen MR) is 71.3 cm³/mol. The van der Waals surface area contributed by atoms with E-state index in [4.69, 9.17) is 9.15 Å². The number of rotatable bonds is 6. The van der Waals surface area contributed by atoms with Crippen molar-refractivity contribution in [3.05, 3.63) is 35.3 Å². The summed E-state index contributed by atoms with van der Waals surface area (Å²) in [5.74, 6) is 1.05. The SMILES string of the molecule is CNCc1coc(CN2CC=C(COC)CC2)c1. The molecule has 0 aromatic carbocycles. The van der Waals surface area contributed by atoms with E-state index < -0.39 is 0 Å². The normalized spacial score (nSPS) is 16.9. The van der Waals surface area contributed by atoms with Gasteiger partial charge in [-0.1, -0.05) is 6.08 Å². The fourth-order valence-electron chi connectivity index (χ4n) is 2.24. The second-order valence-electron chi connectivity index (χ2n) is 4.73. The monoisotopic (exact) mass is 250 g/mol. The molecule has 0 saturated carbocycles.